The molecule has 2 amide bonds. The van der Waals surface area contributed by atoms with Crippen LogP contribution >= 0.6 is 11.8 Å². The molecule has 7 nitrogen and oxygen atoms in total. The van der Waals surface area contributed by atoms with Crippen LogP contribution in [0.2, 0.25) is 0 Å². The summed E-state index contributed by atoms with van der Waals surface area (Å²) in [6.07, 6.45) is 3.18. The van der Waals surface area contributed by atoms with E-state index in [1.807, 2.05) is 0 Å². The molecule has 0 spiro atoms. The molecule has 1 N–H and O–H groups in total. The minimum atomic E-state index is -0.985. The van der Waals surface area contributed by atoms with Gasteiger partial charge in [-0.1, -0.05) is 24.3 Å². The number of imide groups is 1. The van der Waals surface area contributed by atoms with Crippen molar-refractivity contribution in [2.45, 2.75) is 19.6 Å². The number of carboxylic acids is 1. The molecular weight excluding hydrogens is 418 g/mol. The molecule has 1 atom stereocenters. The van der Waals surface area contributed by atoms with Crippen LogP contribution < -0.4 is 9.47 Å². The van der Waals surface area contributed by atoms with Gasteiger partial charge >= 0.3 is 5.97 Å². The van der Waals surface area contributed by atoms with E-state index < -0.39 is 5.97 Å². The highest BCUT2D eigenvalue weighted by atomic mass is 32.2. The van der Waals surface area contributed by atoms with Gasteiger partial charge in [0, 0.05) is 0 Å². The third-order valence-corrected chi connectivity index (χ3v) is 5.54. The molecule has 1 heterocycles. The lowest BCUT2D eigenvalue weighted by Crippen LogP contribution is -2.35. The number of carboxylic acid groups (broad SMARTS) is 1. The smallest absolute Gasteiger partial charge is 0.335 e. The molecule has 8 heteroatoms. The normalized spacial score (nSPS) is 15.8. The van der Waals surface area contributed by atoms with Crippen molar-refractivity contribution >= 4 is 35.0 Å². The Bertz CT molecular complexity index is 1060. The fraction of sp³-hybridized carbons (Fsp3) is 0.174. The molecule has 0 unspecified atom stereocenters. The molecule has 0 aromatic heterocycles. The maximum atomic E-state index is 12.5. The van der Waals surface area contributed by atoms with Gasteiger partial charge < -0.3 is 14.6 Å². The maximum Gasteiger partial charge on any atom is 0.335 e. The van der Waals surface area contributed by atoms with Crippen LogP contribution in [0, 0.1) is 0 Å². The van der Waals surface area contributed by atoms with Crippen LogP contribution in [0.4, 0.5) is 4.79 Å². The van der Waals surface area contributed by atoms with Gasteiger partial charge in [0.25, 0.3) is 11.1 Å². The van der Waals surface area contributed by atoms with Crippen LogP contribution in [-0.4, -0.2) is 40.3 Å². The number of ether oxygens (including phenoxy) is 2. The minimum Gasteiger partial charge on any atom is -0.493 e. The first-order chi connectivity index (χ1) is 14.8. The second-order valence-electron chi connectivity index (χ2n) is 6.73. The Kier molecular flexibility index (Phi) is 6.81. The van der Waals surface area contributed by atoms with Gasteiger partial charge in [-0.15, -0.1) is 6.58 Å². The SMILES string of the molecule is C=C[C@@H](C)N1C(=O)S/C(=C\c2ccc(OCc3ccc(C(=O)O)cc3)c(OC)c2)C1=O. The summed E-state index contributed by atoms with van der Waals surface area (Å²) >= 11 is 0.886. The van der Waals surface area contributed by atoms with Crippen molar-refractivity contribution in [3.63, 3.8) is 0 Å². The van der Waals surface area contributed by atoms with E-state index in [1.54, 1.807) is 49.4 Å². The minimum absolute atomic E-state index is 0.206. The highest BCUT2D eigenvalue weighted by Gasteiger charge is 2.37. The van der Waals surface area contributed by atoms with Gasteiger partial charge in [-0.05, 0) is 60.2 Å². The summed E-state index contributed by atoms with van der Waals surface area (Å²) < 4.78 is 11.2. The average molecular weight is 439 g/mol. The average Bonchev–Trinajstić information content (AvgIpc) is 3.05. The molecule has 0 saturated carbocycles. The van der Waals surface area contributed by atoms with Gasteiger partial charge in [-0.2, -0.15) is 0 Å². The Morgan fingerprint density at radius 3 is 2.52 bits per heavy atom. The summed E-state index contributed by atoms with van der Waals surface area (Å²) in [6, 6.07) is 11.2. The molecular formula is C23H21NO6S. The molecule has 3 rings (SSSR count). The number of hydrogen-bond donors (Lipinski definition) is 1. The van der Waals surface area contributed by atoms with E-state index in [0.717, 1.165) is 17.3 Å². The van der Waals surface area contributed by atoms with E-state index in [0.29, 0.717) is 22.0 Å². The fourth-order valence-electron chi connectivity index (χ4n) is 2.89. The van der Waals surface area contributed by atoms with Gasteiger partial charge in [0.2, 0.25) is 0 Å². The zero-order chi connectivity index (χ0) is 22.5. The van der Waals surface area contributed by atoms with Crippen LogP contribution in [0.5, 0.6) is 11.5 Å². The summed E-state index contributed by atoms with van der Waals surface area (Å²) in [7, 11) is 1.51. The van der Waals surface area contributed by atoms with Crippen LogP contribution in [0.15, 0.2) is 60.0 Å². The van der Waals surface area contributed by atoms with Gasteiger partial charge in [-0.25, -0.2) is 4.79 Å². The number of carbonyl (C=O) groups excluding carboxylic acids is 2. The lowest BCUT2D eigenvalue weighted by Gasteiger charge is -2.17. The molecule has 0 aliphatic carbocycles. The zero-order valence-electron chi connectivity index (χ0n) is 17.0. The van der Waals surface area contributed by atoms with E-state index in [9.17, 15) is 14.4 Å². The molecule has 2 aromatic carbocycles. The van der Waals surface area contributed by atoms with Crippen LogP contribution in [0.1, 0.15) is 28.4 Å². The van der Waals surface area contributed by atoms with Gasteiger partial charge in [-0.3, -0.25) is 14.5 Å². The Morgan fingerprint density at radius 2 is 1.90 bits per heavy atom. The van der Waals surface area contributed by atoms with E-state index in [2.05, 4.69) is 6.58 Å². The number of hydrogen-bond acceptors (Lipinski definition) is 6. The first kappa shape index (κ1) is 22.2. The number of benzene rings is 2. The van der Waals surface area contributed by atoms with Crippen molar-refractivity contribution in [1.29, 1.82) is 0 Å². The molecule has 0 radical (unpaired) electrons. The largest absolute Gasteiger partial charge is 0.493 e. The predicted molar refractivity (Wildman–Crippen MR) is 118 cm³/mol. The Labute approximate surface area is 184 Å². The third kappa shape index (κ3) is 4.97. The molecule has 1 aliphatic rings. The second-order valence-corrected chi connectivity index (χ2v) is 7.72. The van der Waals surface area contributed by atoms with Crippen molar-refractivity contribution in [3.8, 4) is 11.5 Å². The van der Waals surface area contributed by atoms with E-state index in [4.69, 9.17) is 14.6 Å². The number of methoxy groups -OCH3 is 1. The molecule has 160 valence electrons. The van der Waals surface area contributed by atoms with Gasteiger partial charge in [0.15, 0.2) is 11.5 Å². The maximum absolute atomic E-state index is 12.5. The first-order valence-corrected chi connectivity index (χ1v) is 10.2. The fourth-order valence-corrected chi connectivity index (χ4v) is 3.80. The van der Waals surface area contributed by atoms with Gasteiger partial charge in [0.05, 0.1) is 23.6 Å². The summed E-state index contributed by atoms with van der Waals surface area (Å²) in [5.74, 6) is -0.377. The Balaban J connectivity index is 1.75. The molecule has 31 heavy (non-hydrogen) atoms. The third-order valence-electron chi connectivity index (χ3n) is 4.65. The number of amides is 2. The number of thioether (sulfide) groups is 1. The molecule has 1 fully saturated rings. The monoisotopic (exact) mass is 439 g/mol. The number of nitrogens with zero attached hydrogens (tertiary/aromatic N) is 1. The Hall–Kier alpha value is -3.52. The summed E-state index contributed by atoms with van der Waals surface area (Å²) in [4.78, 5) is 37.1. The van der Waals surface area contributed by atoms with Crippen molar-refractivity contribution < 1.29 is 29.0 Å². The standard InChI is InChI=1S/C23H21NO6S/c1-4-14(2)24-21(25)20(31-23(24)28)12-16-7-10-18(19(11-16)29-3)30-13-15-5-8-17(9-6-15)22(26)27/h4-12,14H,1,13H2,2-3H3,(H,26,27)/b20-12-/t14-/m1/s1. The van der Waals surface area contributed by atoms with Crippen molar-refractivity contribution in [3.05, 3.63) is 76.7 Å². The van der Waals surface area contributed by atoms with Crippen LogP contribution in [0.3, 0.4) is 0 Å². The van der Waals surface area contributed by atoms with E-state index in [1.165, 1.54) is 24.1 Å². The topological polar surface area (TPSA) is 93.1 Å². The Morgan fingerprint density at radius 1 is 1.19 bits per heavy atom. The predicted octanol–water partition coefficient (Wildman–Crippen LogP) is 4.58. The lowest BCUT2D eigenvalue weighted by molar-refractivity contribution is -0.123. The lowest BCUT2D eigenvalue weighted by atomic mass is 10.1. The number of aromatic carboxylic acids is 1. The second kappa shape index (κ2) is 9.53. The first-order valence-electron chi connectivity index (χ1n) is 9.36. The van der Waals surface area contributed by atoms with Crippen molar-refractivity contribution in [2.75, 3.05) is 7.11 Å². The quantitative estimate of drug-likeness (QED) is 0.475. The number of carbonyl (C=O) groups is 3. The van der Waals surface area contributed by atoms with Crippen LogP contribution in [-0.2, 0) is 11.4 Å². The van der Waals surface area contributed by atoms with Gasteiger partial charge in [0.1, 0.15) is 6.61 Å². The summed E-state index contributed by atoms with van der Waals surface area (Å²) in [6.45, 7) is 5.60. The molecule has 0 bridgehead atoms. The van der Waals surface area contributed by atoms with Crippen molar-refractivity contribution in [2.24, 2.45) is 0 Å². The zero-order valence-corrected chi connectivity index (χ0v) is 17.8. The van der Waals surface area contributed by atoms with E-state index >= 15 is 0 Å². The summed E-state index contributed by atoms with van der Waals surface area (Å²) in [5, 5.41) is 8.64. The highest BCUT2D eigenvalue weighted by Crippen LogP contribution is 2.35. The van der Waals surface area contributed by atoms with Crippen molar-refractivity contribution in [1.82, 2.24) is 4.90 Å². The molecule has 1 saturated heterocycles. The molecule has 1 aliphatic heterocycles. The highest BCUT2D eigenvalue weighted by molar-refractivity contribution is 8.18. The van der Waals surface area contributed by atoms with E-state index in [-0.39, 0.29) is 29.4 Å². The number of rotatable bonds is 8. The van der Waals surface area contributed by atoms with Crippen LogP contribution in [0.25, 0.3) is 6.08 Å². The summed E-state index contributed by atoms with van der Waals surface area (Å²) in [5.41, 5.74) is 1.70. The molecule has 2 aromatic rings.